The van der Waals surface area contributed by atoms with Crippen LogP contribution in [0.15, 0.2) is 41.3 Å². The molecule has 2 aromatic carbocycles. The maximum atomic E-state index is 11.3. The van der Waals surface area contributed by atoms with E-state index >= 15 is 0 Å². The number of nitrogens with one attached hydrogen (secondary N) is 1. The summed E-state index contributed by atoms with van der Waals surface area (Å²) in [7, 11) is -2.20. The molecule has 2 rings (SSSR count). The minimum Gasteiger partial charge on any atom is -1.00 e. The number of methoxy groups -OCH3 is 1. The highest BCUT2D eigenvalue weighted by atomic mass is 35.5. The van der Waals surface area contributed by atoms with E-state index in [1.807, 2.05) is 0 Å². The summed E-state index contributed by atoms with van der Waals surface area (Å²) in [5.41, 5.74) is 6.93. The lowest BCUT2D eigenvalue weighted by Crippen LogP contribution is -3.00. The molecule has 0 spiro atoms. The van der Waals surface area contributed by atoms with Crippen molar-refractivity contribution in [1.29, 1.82) is 0 Å². The van der Waals surface area contributed by atoms with Gasteiger partial charge in [0.05, 0.1) is 17.0 Å². The van der Waals surface area contributed by atoms with Crippen LogP contribution >= 0.6 is 11.6 Å². The van der Waals surface area contributed by atoms with Crippen LogP contribution in [-0.2, 0) is 27.8 Å². The van der Waals surface area contributed by atoms with Gasteiger partial charge in [-0.2, -0.15) is 0 Å². The topological polar surface area (TPSA) is 134 Å². The number of amides is 1. The van der Waals surface area contributed by atoms with Crippen molar-refractivity contribution in [1.82, 2.24) is 5.32 Å². The van der Waals surface area contributed by atoms with Crippen LogP contribution in [0.3, 0.4) is 0 Å². The maximum Gasteiger partial charge on any atom is 0.255 e. The molecule has 29 heavy (non-hydrogen) atoms. The quantitative estimate of drug-likeness (QED) is 0.356. The van der Waals surface area contributed by atoms with E-state index in [-0.39, 0.29) is 29.7 Å². The summed E-state index contributed by atoms with van der Waals surface area (Å²) in [5, 5.41) is 8.67. The molecule has 1 amide bonds. The summed E-state index contributed by atoms with van der Waals surface area (Å²) in [6.07, 6.45) is 0.704. The van der Waals surface area contributed by atoms with Gasteiger partial charge in [0.25, 0.3) is 5.91 Å². The van der Waals surface area contributed by atoms with Gasteiger partial charge < -0.3 is 32.9 Å². The Morgan fingerprint density at radius 2 is 1.83 bits per heavy atom. The molecule has 0 atom stereocenters. The van der Waals surface area contributed by atoms with Crippen LogP contribution in [0.2, 0.25) is 5.02 Å². The number of halogens is 2. The first-order valence-corrected chi connectivity index (χ1v) is 10.2. The van der Waals surface area contributed by atoms with Crippen molar-refractivity contribution in [2.75, 3.05) is 20.3 Å². The highest BCUT2D eigenvalue weighted by Crippen LogP contribution is 2.36. The van der Waals surface area contributed by atoms with Gasteiger partial charge in [-0.25, -0.2) is 13.6 Å². The van der Waals surface area contributed by atoms with Crippen LogP contribution in [0, 0.1) is 0 Å². The summed E-state index contributed by atoms with van der Waals surface area (Å²) in [6.45, 7) is 0.897. The van der Waals surface area contributed by atoms with Crippen molar-refractivity contribution in [3.05, 3.63) is 52.5 Å². The molecule has 11 heteroatoms. The van der Waals surface area contributed by atoms with Gasteiger partial charge in [-0.1, -0.05) is 23.7 Å². The number of nitrogens with two attached hydrogens (primary N) is 2. The fraction of sp³-hybridized carbons (Fsp3) is 0.278. The van der Waals surface area contributed by atoms with Crippen LogP contribution in [-0.4, -0.2) is 34.6 Å². The molecule has 0 aliphatic heterocycles. The summed E-state index contributed by atoms with van der Waals surface area (Å²) in [6, 6.07) is 9.91. The third kappa shape index (κ3) is 7.71. The number of ether oxygens (including phenoxy) is 2. The molecule has 0 unspecified atom stereocenters. The standard InChI is InChI=1S/C18H22ClN3O5S.ClH/c1-26-16-9-13(8-15(19)18(16)27-11-17(20)23)10-22-7-6-12-2-4-14(5-3-12)28(21,24)25;/h2-5,8-9,22H,6-7,10-11H2,1H3,(H2,20,23)(H2,21,24,25);1H/p-1. The first kappa shape index (κ1) is 25.0. The Bertz CT molecular complexity index is 937. The minimum absolute atomic E-state index is 0. The van der Waals surface area contributed by atoms with Crippen molar-refractivity contribution >= 4 is 27.5 Å². The first-order valence-electron chi connectivity index (χ1n) is 8.30. The van der Waals surface area contributed by atoms with Gasteiger partial charge in [-0.15, -0.1) is 0 Å². The molecule has 0 aliphatic rings. The van der Waals surface area contributed by atoms with Gasteiger partial charge in [0, 0.05) is 6.54 Å². The van der Waals surface area contributed by atoms with E-state index in [0.29, 0.717) is 30.3 Å². The van der Waals surface area contributed by atoms with Gasteiger partial charge >= 0.3 is 0 Å². The number of primary sulfonamides is 1. The van der Waals surface area contributed by atoms with Crippen LogP contribution in [0.4, 0.5) is 0 Å². The maximum absolute atomic E-state index is 11.3. The molecular formula is C18H22Cl2N3O5S-. The summed E-state index contributed by atoms with van der Waals surface area (Å²) in [5.74, 6) is 0.0618. The smallest absolute Gasteiger partial charge is 0.255 e. The fourth-order valence-electron chi connectivity index (χ4n) is 2.47. The average molecular weight is 463 g/mol. The van der Waals surface area contributed by atoms with Gasteiger partial charge in [0.1, 0.15) is 0 Å². The Kier molecular flexibility index (Phi) is 9.67. The normalized spacial score (nSPS) is 10.9. The molecule has 2 aromatic rings. The predicted octanol–water partition coefficient (Wildman–Crippen LogP) is -1.80. The molecule has 8 nitrogen and oxygen atoms in total. The first-order chi connectivity index (χ1) is 13.2. The van der Waals surface area contributed by atoms with Crippen molar-refractivity contribution in [3.8, 4) is 11.5 Å². The second-order valence-corrected chi connectivity index (χ2v) is 7.95. The number of carbonyl (C=O) groups is 1. The van der Waals surface area contributed by atoms with E-state index in [1.54, 1.807) is 24.3 Å². The SMILES string of the molecule is COc1cc(CNCCc2ccc(S(N)(=O)=O)cc2)cc(Cl)c1OCC(N)=O.[Cl-]. The van der Waals surface area contributed by atoms with Gasteiger partial charge in [0.2, 0.25) is 10.0 Å². The molecule has 0 heterocycles. The average Bonchev–Trinajstić information content (AvgIpc) is 2.63. The Morgan fingerprint density at radius 3 is 2.38 bits per heavy atom. The van der Waals surface area contributed by atoms with E-state index in [9.17, 15) is 13.2 Å². The molecule has 0 saturated heterocycles. The van der Waals surface area contributed by atoms with Crippen LogP contribution in [0.1, 0.15) is 11.1 Å². The number of benzene rings is 2. The Balaban J connectivity index is 0.00000420. The molecule has 0 saturated carbocycles. The number of sulfonamides is 1. The third-order valence-corrected chi connectivity index (χ3v) is 5.03. The van der Waals surface area contributed by atoms with Crippen molar-refractivity contribution in [2.45, 2.75) is 17.9 Å². The third-order valence-electron chi connectivity index (χ3n) is 3.82. The second-order valence-electron chi connectivity index (χ2n) is 5.98. The lowest BCUT2D eigenvalue weighted by molar-refractivity contribution is -0.119. The number of rotatable bonds is 10. The van der Waals surface area contributed by atoms with E-state index in [1.165, 1.54) is 19.2 Å². The lowest BCUT2D eigenvalue weighted by atomic mass is 10.1. The number of hydrogen-bond donors (Lipinski definition) is 3. The number of hydrogen-bond acceptors (Lipinski definition) is 6. The second kappa shape index (κ2) is 11.2. The minimum atomic E-state index is -3.68. The fourth-order valence-corrected chi connectivity index (χ4v) is 3.27. The van der Waals surface area contributed by atoms with Gasteiger partial charge in [-0.3, -0.25) is 4.79 Å². The summed E-state index contributed by atoms with van der Waals surface area (Å²) in [4.78, 5) is 11.0. The molecule has 0 bridgehead atoms. The predicted molar refractivity (Wildman–Crippen MR) is 106 cm³/mol. The summed E-state index contributed by atoms with van der Waals surface area (Å²) >= 11 is 6.21. The van der Waals surface area contributed by atoms with E-state index in [4.69, 9.17) is 31.9 Å². The summed E-state index contributed by atoms with van der Waals surface area (Å²) < 4.78 is 33.1. The van der Waals surface area contributed by atoms with Crippen molar-refractivity contribution < 1.29 is 35.1 Å². The Labute approximate surface area is 181 Å². The molecule has 0 aliphatic carbocycles. The zero-order valence-corrected chi connectivity index (χ0v) is 18.0. The molecule has 5 N–H and O–H groups in total. The highest BCUT2D eigenvalue weighted by molar-refractivity contribution is 7.89. The molecule has 0 radical (unpaired) electrons. The Hall–Kier alpha value is -2.04. The Morgan fingerprint density at radius 1 is 1.17 bits per heavy atom. The van der Waals surface area contributed by atoms with Crippen molar-refractivity contribution in [3.63, 3.8) is 0 Å². The van der Waals surface area contributed by atoms with Crippen LogP contribution in [0.5, 0.6) is 11.5 Å². The largest absolute Gasteiger partial charge is 1.00 e. The van der Waals surface area contributed by atoms with Crippen molar-refractivity contribution in [2.24, 2.45) is 10.9 Å². The van der Waals surface area contributed by atoms with Crippen LogP contribution < -0.4 is 38.1 Å². The molecule has 0 aromatic heterocycles. The van der Waals surface area contributed by atoms with Crippen LogP contribution in [0.25, 0.3) is 0 Å². The number of carbonyl (C=O) groups excluding carboxylic acids is 1. The van der Waals surface area contributed by atoms with E-state index < -0.39 is 15.9 Å². The highest BCUT2D eigenvalue weighted by Gasteiger charge is 2.13. The zero-order chi connectivity index (χ0) is 20.7. The van der Waals surface area contributed by atoms with Gasteiger partial charge in [0.15, 0.2) is 18.1 Å². The van der Waals surface area contributed by atoms with Gasteiger partial charge in [-0.05, 0) is 48.4 Å². The molecule has 0 fully saturated rings. The monoisotopic (exact) mass is 462 g/mol. The molecular weight excluding hydrogens is 441 g/mol. The van der Waals surface area contributed by atoms with E-state index in [2.05, 4.69) is 5.32 Å². The zero-order valence-electron chi connectivity index (χ0n) is 15.7. The molecule has 160 valence electrons. The van der Waals surface area contributed by atoms with E-state index in [0.717, 1.165) is 11.1 Å². The number of primary amides is 1. The lowest BCUT2D eigenvalue weighted by Gasteiger charge is -2.14.